The molecular weight excluding hydrogens is 248 g/mol. The number of rotatable bonds is 4. The van der Waals surface area contributed by atoms with Gasteiger partial charge in [-0.15, -0.1) is 0 Å². The van der Waals surface area contributed by atoms with Gasteiger partial charge in [-0.2, -0.15) is 0 Å². The molecule has 2 aliphatic rings. The fraction of sp³-hybridized carbons (Fsp3) is 0.667. The van der Waals surface area contributed by atoms with Gasteiger partial charge in [-0.05, 0) is 48.6 Å². The van der Waals surface area contributed by atoms with E-state index in [2.05, 4.69) is 12.1 Å². The first-order chi connectivity index (χ1) is 9.75. The molecule has 2 aliphatic carbocycles. The lowest BCUT2D eigenvalue weighted by atomic mass is 9.78. The highest BCUT2D eigenvalue weighted by Gasteiger charge is 2.29. The Bertz CT molecular complexity index is 433. The Balaban J connectivity index is 1.70. The summed E-state index contributed by atoms with van der Waals surface area (Å²) in [6.07, 6.45) is 8.30. The SMILES string of the molecule is OC(c1cccc(C2CCC2)c1)C(O)C1CCCCC1. The minimum Gasteiger partial charge on any atom is -0.390 e. The monoisotopic (exact) mass is 274 g/mol. The van der Waals surface area contributed by atoms with E-state index in [4.69, 9.17) is 0 Å². The smallest absolute Gasteiger partial charge is 0.105 e. The van der Waals surface area contributed by atoms with E-state index in [0.717, 1.165) is 18.4 Å². The van der Waals surface area contributed by atoms with Crippen molar-refractivity contribution in [3.63, 3.8) is 0 Å². The Hall–Kier alpha value is -0.860. The Morgan fingerprint density at radius 1 is 0.900 bits per heavy atom. The maximum absolute atomic E-state index is 10.5. The molecule has 1 aromatic rings. The van der Waals surface area contributed by atoms with Crippen LogP contribution in [-0.4, -0.2) is 16.3 Å². The van der Waals surface area contributed by atoms with Crippen molar-refractivity contribution in [3.8, 4) is 0 Å². The molecule has 2 nitrogen and oxygen atoms in total. The summed E-state index contributed by atoms with van der Waals surface area (Å²) >= 11 is 0. The molecule has 0 radical (unpaired) electrons. The van der Waals surface area contributed by atoms with E-state index < -0.39 is 12.2 Å². The highest BCUT2D eigenvalue weighted by molar-refractivity contribution is 5.29. The maximum atomic E-state index is 10.5. The number of benzene rings is 1. The van der Waals surface area contributed by atoms with Crippen molar-refractivity contribution in [2.75, 3.05) is 0 Å². The second kappa shape index (κ2) is 6.28. The summed E-state index contributed by atoms with van der Waals surface area (Å²) in [5.41, 5.74) is 2.23. The van der Waals surface area contributed by atoms with Crippen LogP contribution in [0, 0.1) is 5.92 Å². The van der Waals surface area contributed by atoms with E-state index in [-0.39, 0.29) is 5.92 Å². The van der Waals surface area contributed by atoms with Crippen LogP contribution in [0.2, 0.25) is 0 Å². The molecule has 0 aromatic heterocycles. The standard InChI is InChI=1S/C18H26O2/c19-17(14-6-2-1-3-7-14)18(20)16-11-5-10-15(12-16)13-8-4-9-13/h5,10-14,17-20H,1-4,6-9H2. The summed E-state index contributed by atoms with van der Waals surface area (Å²) in [7, 11) is 0. The third-order valence-corrected chi connectivity index (χ3v) is 5.29. The molecule has 0 heterocycles. The van der Waals surface area contributed by atoms with E-state index in [1.54, 1.807) is 0 Å². The zero-order chi connectivity index (χ0) is 13.9. The third kappa shape index (κ3) is 2.91. The minimum absolute atomic E-state index is 0.270. The van der Waals surface area contributed by atoms with E-state index >= 15 is 0 Å². The summed E-state index contributed by atoms with van der Waals surface area (Å²) < 4.78 is 0. The van der Waals surface area contributed by atoms with Crippen LogP contribution in [0.15, 0.2) is 24.3 Å². The fourth-order valence-electron chi connectivity index (χ4n) is 3.67. The molecule has 3 rings (SSSR count). The van der Waals surface area contributed by atoms with Crippen molar-refractivity contribution in [1.29, 1.82) is 0 Å². The van der Waals surface area contributed by atoms with Crippen molar-refractivity contribution in [2.45, 2.75) is 69.5 Å². The Labute approximate surface area is 121 Å². The summed E-state index contributed by atoms with van der Waals surface area (Å²) in [5.74, 6) is 0.945. The molecule has 20 heavy (non-hydrogen) atoms. The van der Waals surface area contributed by atoms with Crippen LogP contribution in [0.1, 0.15) is 74.5 Å². The number of hydrogen-bond acceptors (Lipinski definition) is 2. The lowest BCUT2D eigenvalue weighted by Crippen LogP contribution is -2.29. The lowest BCUT2D eigenvalue weighted by Gasteiger charge is -2.31. The Kier molecular flexibility index (Phi) is 4.42. The van der Waals surface area contributed by atoms with Crippen LogP contribution in [0.5, 0.6) is 0 Å². The summed E-state index contributed by atoms with van der Waals surface area (Å²) in [4.78, 5) is 0. The summed E-state index contributed by atoms with van der Waals surface area (Å²) in [5, 5.41) is 20.9. The molecule has 0 aliphatic heterocycles. The molecule has 2 fully saturated rings. The molecular formula is C18H26O2. The first-order valence-electron chi connectivity index (χ1n) is 8.21. The zero-order valence-corrected chi connectivity index (χ0v) is 12.2. The van der Waals surface area contributed by atoms with Gasteiger partial charge in [0.05, 0.1) is 6.10 Å². The number of hydrogen-bond donors (Lipinski definition) is 2. The van der Waals surface area contributed by atoms with Crippen molar-refractivity contribution in [3.05, 3.63) is 35.4 Å². The van der Waals surface area contributed by atoms with Crippen LogP contribution in [0.3, 0.4) is 0 Å². The average molecular weight is 274 g/mol. The topological polar surface area (TPSA) is 40.5 Å². The lowest BCUT2D eigenvalue weighted by molar-refractivity contribution is -0.0286. The molecule has 2 unspecified atom stereocenters. The molecule has 0 spiro atoms. The summed E-state index contributed by atoms with van der Waals surface area (Å²) in [6.45, 7) is 0. The van der Waals surface area contributed by atoms with Crippen molar-refractivity contribution in [1.82, 2.24) is 0 Å². The molecule has 0 amide bonds. The Morgan fingerprint density at radius 2 is 1.65 bits per heavy atom. The van der Waals surface area contributed by atoms with Gasteiger partial charge in [0.25, 0.3) is 0 Å². The molecule has 0 saturated heterocycles. The molecule has 2 atom stereocenters. The largest absolute Gasteiger partial charge is 0.390 e. The van der Waals surface area contributed by atoms with Gasteiger partial charge in [-0.25, -0.2) is 0 Å². The first kappa shape index (κ1) is 14.1. The number of aliphatic hydroxyl groups excluding tert-OH is 2. The maximum Gasteiger partial charge on any atom is 0.105 e. The van der Waals surface area contributed by atoms with Crippen molar-refractivity contribution in [2.24, 2.45) is 5.92 Å². The van der Waals surface area contributed by atoms with E-state index in [0.29, 0.717) is 5.92 Å². The third-order valence-electron chi connectivity index (χ3n) is 5.29. The highest BCUT2D eigenvalue weighted by Crippen LogP contribution is 2.38. The van der Waals surface area contributed by atoms with Gasteiger partial charge in [0.2, 0.25) is 0 Å². The van der Waals surface area contributed by atoms with E-state index in [9.17, 15) is 10.2 Å². The van der Waals surface area contributed by atoms with Gasteiger partial charge in [-0.1, -0.05) is 49.9 Å². The first-order valence-corrected chi connectivity index (χ1v) is 8.21. The second-order valence-corrected chi connectivity index (χ2v) is 6.63. The summed E-state index contributed by atoms with van der Waals surface area (Å²) in [6, 6.07) is 8.26. The van der Waals surface area contributed by atoms with Crippen LogP contribution >= 0.6 is 0 Å². The Morgan fingerprint density at radius 3 is 2.30 bits per heavy atom. The van der Waals surface area contributed by atoms with Gasteiger partial charge in [0.15, 0.2) is 0 Å². The molecule has 1 aromatic carbocycles. The quantitative estimate of drug-likeness (QED) is 0.873. The molecule has 110 valence electrons. The molecule has 2 saturated carbocycles. The number of aliphatic hydroxyl groups is 2. The van der Waals surface area contributed by atoms with Gasteiger partial charge >= 0.3 is 0 Å². The van der Waals surface area contributed by atoms with E-state index in [1.165, 1.54) is 44.1 Å². The normalized spacial score (nSPS) is 24.1. The van der Waals surface area contributed by atoms with Gasteiger partial charge in [-0.3, -0.25) is 0 Å². The average Bonchev–Trinajstić information content (AvgIpc) is 2.45. The van der Waals surface area contributed by atoms with E-state index in [1.807, 2.05) is 12.1 Å². The predicted molar refractivity (Wildman–Crippen MR) is 80.6 cm³/mol. The predicted octanol–water partition coefficient (Wildman–Crippen LogP) is 3.93. The zero-order valence-electron chi connectivity index (χ0n) is 12.2. The minimum atomic E-state index is -0.724. The van der Waals surface area contributed by atoms with Gasteiger partial charge in [0, 0.05) is 0 Å². The van der Waals surface area contributed by atoms with Crippen molar-refractivity contribution >= 4 is 0 Å². The molecule has 2 heteroatoms. The second-order valence-electron chi connectivity index (χ2n) is 6.63. The highest BCUT2D eigenvalue weighted by atomic mass is 16.3. The van der Waals surface area contributed by atoms with Crippen molar-refractivity contribution < 1.29 is 10.2 Å². The van der Waals surface area contributed by atoms with Crippen LogP contribution < -0.4 is 0 Å². The van der Waals surface area contributed by atoms with Crippen LogP contribution in [-0.2, 0) is 0 Å². The van der Waals surface area contributed by atoms with Crippen LogP contribution in [0.4, 0.5) is 0 Å². The molecule has 0 bridgehead atoms. The molecule has 2 N–H and O–H groups in total. The van der Waals surface area contributed by atoms with Gasteiger partial charge in [0.1, 0.15) is 6.10 Å². The van der Waals surface area contributed by atoms with Crippen LogP contribution in [0.25, 0.3) is 0 Å². The fourth-order valence-corrected chi connectivity index (χ4v) is 3.67. The van der Waals surface area contributed by atoms with Gasteiger partial charge < -0.3 is 10.2 Å².